The molecule has 0 unspecified atom stereocenters. The number of nitrogens with two attached hydrogens (primary N) is 1. The largest absolute Gasteiger partial charge is 0.351 e. The highest BCUT2D eigenvalue weighted by molar-refractivity contribution is 5.85. The van der Waals surface area contributed by atoms with Gasteiger partial charge in [-0.3, -0.25) is 9.59 Å². The lowest BCUT2D eigenvalue weighted by atomic mass is 10.3. The summed E-state index contributed by atoms with van der Waals surface area (Å²) in [5.41, 5.74) is 5.17. The Labute approximate surface area is 100 Å². The molecule has 0 fully saturated rings. The van der Waals surface area contributed by atoms with Gasteiger partial charge >= 0.3 is 0 Å². The van der Waals surface area contributed by atoms with Gasteiger partial charge in [-0.2, -0.15) is 0 Å². The molecule has 90 valence electrons. The highest BCUT2D eigenvalue weighted by Gasteiger charge is 2.06. The number of halogens is 1. The van der Waals surface area contributed by atoms with Crippen LogP contribution in [-0.4, -0.2) is 23.1 Å². The van der Waals surface area contributed by atoms with Crippen LogP contribution in [0, 0.1) is 0 Å². The molecular weight excluding hydrogens is 230 g/mol. The number of carbonyl (C=O) groups excluding carboxylic acids is 1. The predicted molar refractivity (Wildman–Crippen MR) is 64.6 cm³/mol. The fraction of sp³-hybridized carbons (Fsp3) is 0.400. The minimum atomic E-state index is -0.207. The van der Waals surface area contributed by atoms with Crippen molar-refractivity contribution < 1.29 is 4.79 Å². The topological polar surface area (TPSA) is 77.1 Å². The smallest absolute Gasteiger partial charge is 0.250 e. The molecule has 0 aromatic carbocycles. The summed E-state index contributed by atoms with van der Waals surface area (Å²) < 4.78 is 1.35. The monoisotopic (exact) mass is 245 g/mol. The number of rotatable bonds is 4. The van der Waals surface area contributed by atoms with Gasteiger partial charge in [-0.05, 0) is 13.0 Å². The van der Waals surface area contributed by atoms with E-state index in [2.05, 4.69) is 5.32 Å². The molecule has 0 aliphatic heterocycles. The number of carbonyl (C=O) groups is 1. The molecule has 6 heteroatoms. The molecule has 1 amide bonds. The molecule has 0 saturated carbocycles. The van der Waals surface area contributed by atoms with Crippen LogP contribution in [0.25, 0.3) is 0 Å². The van der Waals surface area contributed by atoms with Crippen molar-refractivity contribution in [1.29, 1.82) is 0 Å². The van der Waals surface area contributed by atoms with E-state index in [1.54, 1.807) is 18.3 Å². The van der Waals surface area contributed by atoms with Crippen LogP contribution in [0.1, 0.15) is 6.92 Å². The van der Waals surface area contributed by atoms with Crippen molar-refractivity contribution in [2.45, 2.75) is 19.5 Å². The van der Waals surface area contributed by atoms with E-state index in [1.165, 1.54) is 10.6 Å². The third-order valence-electron chi connectivity index (χ3n) is 1.97. The summed E-state index contributed by atoms with van der Waals surface area (Å²) in [5, 5.41) is 2.68. The van der Waals surface area contributed by atoms with Crippen molar-refractivity contribution in [1.82, 2.24) is 9.88 Å². The van der Waals surface area contributed by atoms with Gasteiger partial charge in [-0.1, -0.05) is 6.07 Å². The highest BCUT2D eigenvalue weighted by atomic mass is 35.5. The van der Waals surface area contributed by atoms with E-state index in [4.69, 9.17) is 5.73 Å². The normalized spacial score (nSPS) is 11.4. The Morgan fingerprint density at radius 3 is 2.81 bits per heavy atom. The predicted octanol–water partition coefficient (Wildman–Crippen LogP) is -0.267. The fourth-order valence-electron chi connectivity index (χ4n) is 1.13. The number of hydrogen-bond donors (Lipinski definition) is 2. The first-order chi connectivity index (χ1) is 7.13. The van der Waals surface area contributed by atoms with Crippen LogP contribution in [0.2, 0.25) is 0 Å². The van der Waals surface area contributed by atoms with E-state index in [1.807, 2.05) is 6.92 Å². The fourth-order valence-corrected chi connectivity index (χ4v) is 1.13. The summed E-state index contributed by atoms with van der Waals surface area (Å²) >= 11 is 0. The van der Waals surface area contributed by atoms with E-state index in [-0.39, 0.29) is 36.5 Å². The van der Waals surface area contributed by atoms with Gasteiger partial charge in [0.15, 0.2) is 0 Å². The number of nitrogens with zero attached hydrogens (tertiary/aromatic N) is 1. The zero-order chi connectivity index (χ0) is 11.3. The molecule has 1 aromatic heterocycles. The first kappa shape index (κ1) is 14.7. The van der Waals surface area contributed by atoms with Gasteiger partial charge in [-0.25, -0.2) is 0 Å². The maximum atomic E-state index is 11.4. The number of nitrogens with one attached hydrogen (secondary N) is 1. The first-order valence-electron chi connectivity index (χ1n) is 4.78. The summed E-state index contributed by atoms with van der Waals surface area (Å²) in [4.78, 5) is 22.7. The first-order valence-corrected chi connectivity index (χ1v) is 4.78. The Kier molecular flexibility index (Phi) is 6.44. The summed E-state index contributed by atoms with van der Waals surface area (Å²) in [7, 11) is 0. The lowest BCUT2D eigenvalue weighted by molar-refractivity contribution is -0.122. The van der Waals surface area contributed by atoms with E-state index >= 15 is 0 Å². The van der Waals surface area contributed by atoms with Crippen LogP contribution in [0.3, 0.4) is 0 Å². The van der Waals surface area contributed by atoms with Crippen LogP contribution in [0.5, 0.6) is 0 Å². The average molecular weight is 246 g/mol. The molecule has 0 bridgehead atoms. The van der Waals surface area contributed by atoms with Crippen LogP contribution < -0.4 is 16.6 Å². The standard InChI is InChI=1S/C10H15N3O2.ClH/c1-8(6-11)12-9(14)7-13-5-3-2-4-10(13)15;/h2-5,8H,6-7,11H2,1H3,(H,12,14);1H/t8-;/m0./s1. The SMILES string of the molecule is C[C@@H](CN)NC(=O)Cn1ccccc1=O.Cl. The third-order valence-corrected chi connectivity index (χ3v) is 1.97. The molecule has 1 rings (SSSR count). The summed E-state index contributed by atoms with van der Waals surface area (Å²) in [6.45, 7) is 2.23. The van der Waals surface area contributed by atoms with Crippen LogP contribution >= 0.6 is 12.4 Å². The van der Waals surface area contributed by atoms with Gasteiger partial charge in [0.1, 0.15) is 6.54 Å². The van der Waals surface area contributed by atoms with Gasteiger partial charge in [-0.15, -0.1) is 12.4 Å². The molecule has 1 heterocycles. The Morgan fingerprint density at radius 1 is 1.56 bits per heavy atom. The quantitative estimate of drug-likeness (QED) is 0.767. The Balaban J connectivity index is 0.00000225. The zero-order valence-corrected chi connectivity index (χ0v) is 9.87. The van der Waals surface area contributed by atoms with E-state index in [0.717, 1.165) is 0 Å². The number of hydrogen-bond acceptors (Lipinski definition) is 3. The Morgan fingerprint density at radius 2 is 2.25 bits per heavy atom. The maximum absolute atomic E-state index is 11.4. The van der Waals surface area contributed by atoms with Crippen LogP contribution in [0.4, 0.5) is 0 Å². The molecule has 5 nitrogen and oxygen atoms in total. The second kappa shape index (κ2) is 7.03. The van der Waals surface area contributed by atoms with E-state index in [9.17, 15) is 9.59 Å². The third kappa shape index (κ3) is 4.46. The molecule has 0 aliphatic carbocycles. The second-order valence-corrected chi connectivity index (χ2v) is 3.37. The molecule has 0 saturated heterocycles. The van der Waals surface area contributed by atoms with Gasteiger partial charge in [0, 0.05) is 24.8 Å². The van der Waals surface area contributed by atoms with Crippen molar-refractivity contribution in [3.8, 4) is 0 Å². The van der Waals surface area contributed by atoms with Crippen LogP contribution in [-0.2, 0) is 11.3 Å². The lowest BCUT2D eigenvalue weighted by Crippen LogP contribution is -2.40. The van der Waals surface area contributed by atoms with Gasteiger partial charge < -0.3 is 15.6 Å². The minimum absolute atomic E-state index is 0. The Bertz CT molecular complexity index is 392. The second-order valence-electron chi connectivity index (χ2n) is 3.37. The molecule has 3 N–H and O–H groups in total. The van der Waals surface area contributed by atoms with Crippen molar-refractivity contribution in [3.63, 3.8) is 0 Å². The molecule has 0 radical (unpaired) electrons. The van der Waals surface area contributed by atoms with Crippen molar-refractivity contribution in [2.75, 3.05) is 6.54 Å². The van der Waals surface area contributed by atoms with E-state index in [0.29, 0.717) is 6.54 Å². The van der Waals surface area contributed by atoms with Crippen molar-refractivity contribution in [3.05, 3.63) is 34.7 Å². The van der Waals surface area contributed by atoms with E-state index < -0.39 is 0 Å². The molecular formula is C10H16ClN3O2. The van der Waals surface area contributed by atoms with Gasteiger partial charge in [0.25, 0.3) is 5.56 Å². The van der Waals surface area contributed by atoms with Gasteiger partial charge in [0.05, 0.1) is 0 Å². The summed E-state index contributed by atoms with van der Waals surface area (Å²) in [6, 6.07) is 4.69. The minimum Gasteiger partial charge on any atom is -0.351 e. The Hall–Kier alpha value is -1.33. The molecule has 16 heavy (non-hydrogen) atoms. The number of amides is 1. The number of pyridine rings is 1. The average Bonchev–Trinajstić information content (AvgIpc) is 2.21. The highest BCUT2D eigenvalue weighted by Crippen LogP contribution is 1.84. The van der Waals surface area contributed by atoms with Crippen LogP contribution in [0.15, 0.2) is 29.2 Å². The molecule has 0 aliphatic rings. The molecule has 1 atom stereocenters. The molecule has 1 aromatic rings. The maximum Gasteiger partial charge on any atom is 0.250 e. The zero-order valence-electron chi connectivity index (χ0n) is 9.05. The lowest BCUT2D eigenvalue weighted by Gasteiger charge is -2.11. The van der Waals surface area contributed by atoms with Crippen molar-refractivity contribution in [2.24, 2.45) is 5.73 Å². The van der Waals surface area contributed by atoms with Crippen molar-refractivity contribution >= 4 is 18.3 Å². The van der Waals surface area contributed by atoms with Gasteiger partial charge in [0.2, 0.25) is 5.91 Å². The summed E-state index contributed by atoms with van der Waals surface area (Å²) in [6.07, 6.45) is 1.58. The molecule has 0 spiro atoms. The summed E-state index contributed by atoms with van der Waals surface area (Å²) in [5.74, 6) is -0.207. The number of aromatic nitrogens is 1.